The number of hydrogen-bond donors (Lipinski definition) is 0. The molecule has 0 unspecified atom stereocenters. The lowest BCUT2D eigenvalue weighted by molar-refractivity contribution is 0.411. The van der Waals surface area contributed by atoms with E-state index in [0.29, 0.717) is 0 Å². The molecule has 0 fully saturated rings. The third kappa shape index (κ3) is 5.25. The second kappa shape index (κ2) is 10.1. The number of hydrogen-bond acceptors (Lipinski definition) is 3. The van der Waals surface area contributed by atoms with Crippen molar-refractivity contribution in [3.05, 3.63) is 102 Å². The molecule has 0 aliphatic rings. The van der Waals surface area contributed by atoms with Crippen LogP contribution in [0.25, 0.3) is 64.5 Å². The Labute approximate surface area is 258 Å². The van der Waals surface area contributed by atoms with Crippen molar-refractivity contribution in [1.82, 2.24) is 4.98 Å². The van der Waals surface area contributed by atoms with E-state index in [1.807, 2.05) is 17.5 Å². The molecule has 0 aliphatic heterocycles. The van der Waals surface area contributed by atoms with Crippen LogP contribution in [0.3, 0.4) is 0 Å². The quantitative estimate of drug-likeness (QED) is 0.207. The molecule has 0 radical (unpaired) electrons. The van der Waals surface area contributed by atoms with Gasteiger partial charge in [-0.15, -0.1) is 11.3 Å². The smallest absolute Gasteiger partial charge is 0.145 e. The van der Waals surface area contributed by atoms with E-state index < -0.39 is 0 Å². The fourth-order valence-electron chi connectivity index (χ4n) is 6.57. The molecule has 0 atom stereocenters. The van der Waals surface area contributed by atoms with Crippen LogP contribution in [-0.4, -0.2) is 4.98 Å². The molecule has 0 aliphatic carbocycles. The van der Waals surface area contributed by atoms with Crippen molar-refractivity contribution in [3.8, 4) is 21.7 Å². The van der Waals surface area contributed by atoms with E-state index in [1.54, 1.807) is 0 Å². The molecule has 0 amide bonds. The first-order valence-electron chi connectivity index (χ1n) is 15.3. The molecular weight excluding hydrogens is 543 g/mol. The van der Waals surface area contributed by atoms with E-state index in [4.69, 9.17) is 9.40 Å². The standard InChI is InChI=1S/C40H39NOS/c1-24-29-14-12-26(23-40(5,6)7)19-35(29)43-38(24)28-16-17-41-33(21-28)32-20-27-10-8-9-11-30(27)36-31-15-13-25(22-39(2,3)4)18-34(31)42-37(32)36/h8-21H,22-23H2,1-7H3. The second-order valence-corrected chi connectivity index (χ2v) is 15.6. The number of benzene rings is 4. The van der Waals surface area contributed by atoms with Gasteiger partial charge in [-0.1, -0.05) is 90.1 Å². The van der Waals surface area contributed by atoms with Gasteiger partial charge in [0.2, 0.25) is 0 Å². The van der Waals surface area contributed by atoms with E-state index in [-0.39, 0.29) is 10.8 Å². The van der Waals surface area contributed by atoms with Gasteiger partial charge in [0.05, 0.1) is 5.69 Å². The van der Waals surface area contributed by atoms with Gasteiger partial charge in [-0.3, -0.25) is 4.98 Å². The van der Waals surface area contributed by atoms with Crippen LogP contribution >= 0.6 is 11.3 Å². The minimum absolute atomic E-state index is 0.209. The van der Waals surface area contributed by atoms with Gasteiger partial charge in [0.25, 0.3) is 0 Å². The van der Waals surface area contributed by atoms with Gasteiger partial charge in [-0.2, -0.15) is 0 Å². The molecule has 0 spiro atoms. The lowest BCUT2D eigenvalue weighted by Gasteiger charge is -2.17. The number of rotatable bonds is 4. The van der Waals surface area contributed by atoms with E-state index in [2.05, 4.69) is 127 Å². The predicted octanol–water partition coefficient (Wildman–Crippen LogP) is 12.2. The number of thiophene rings is 1. The van der Waals surface area contributed by atoms with Crippen LogP contribution in [0.5, 0.6) is 0 Å². The first-order valence-corrected chi connectivity index (χ1v) is 16.1. The van der Waals surface area contributed by atoms with Crippen molar-refractivity contribution in [1.29, 1.82) is 0 Å². The zero-order valence-electron chi connectivity index (χ0n) is 26.3. The maximum Gasteiger partial charge on any atom is 0.145 e. The van der Waals surface area contributed by atoms with Crippen LogP contribution in [0.2, 0.25) is 0 Å². The van der Waals surface area contributed by atoms with Crippen LogP contribution in [0.1, 0.15) is 58.2 Å². The lowest BCUT2D eigenvalue weighted by Crippen LogP contribution is -2.08. The predicted molar refractivity (Wildman–Crippen MR) is 186 cm³/mol. The van der Waals surface area contributed by atoms with Gasteiger partial charge in [0.1, 0.15) is 11.2 Å². The normalized spacial score (nSPS) is 12.7. The van der Waals surface area contributed by atoms with Crippen molar-refractivity contribution in [2.75, 3.05) is 0 Å². The topological polar surface area (TPSA) is 26.0 Å². The third-order valence-corrected chi connectivity index (χ3v) is 9.60. The largest absolute Gasteiger partial charge is 0.455 e. The molecule has 2 nitrogen and oxygen atoms in total. The molecule has 0 bridgehead atoms. The summed E-state index contributed by atoms with van der Waals surface area (Å²) in [5.41, 5.74) is 9.53. The van der Waals surface area contributed by atoms with Gasteiger partial charge < -0.3 is 4.42 Å². The number of nitrogens with zero attached hydrogens (tertiary/aromatic N) is 1. The molecule has 0 saturated carbocycles. The summed E-state index contributed by atoms with van der Waals surface area (Å²) >= 11 is 1.89. The number of fused-ring (bicyclic) bond motifs is 6. The van der Waals surface area contributed by atoms with E-state index in [9.17, 15) is 0 Å². The first-order chi connectivity index (χ1) is 20.4. The highest BCUT2D eigenvalue weighted by molar-refractivity contribution is 7.22. The zero-order valence-corrected chi connectivity index (χ0v) is 27.1. The first kappa shape index (κ1) is 27.9. The van der Waals surface area contributed by atoms with Crippen molar-refractivity contribution in [2.24, 2.45) is 10.8 Å². The summed E-state index contributed by atoms with van der Waals surface area (Å²) in [5.74, 6) is 0. The van der Waals surface area contributed by atoms with Gasteiger partial charge in [0, 0.05) is 32.1 Å². The number of pyridine rings is 1. The molecule has 0 saturated heterocycles. The number of aryl methyl sites for hydroxylation is 1. The lowest BCUT2D eigenvalue weighted by atomic mass is 9.88. The van der Waals surface area contributed by atoms with Gasteiger partial charge in [0.15, 0.2) is 0 Å². The molecular formula is C40H39NOS. The molecule has 7 rings (SSSR count). The summed E-state index contributed by atoms with van der Waals surface area (Å²) in [5, 5.41) is 6.08. The summed E-state index contributed by atoms with van der Waals surface area (Å²) in [6.45, 7) is 16.0. The van der Waals surface area contributed by atoms with Crippen LogP contribution in [0.15, 0.2) is 89.5 Å². The van der Waals surface area contributed by atoms with Crippen LogP contribution in [0.4, 0.5) is 0 Å². The Morgan fingerprint density at radius 2 is 1.42 bits per heavy atom. The summed E-state index contributed by atoms with van der Waals surface area (Å²) in [6.07, 6.45) is 4.02. The minimum atomic E-state index is 0.209. The molecule has 0 N–H and O–H groups in total. The summed E-state index contributed by atoms with van der Waals surface area (Å²) in [4.78, 5) is 6.22. The van der Waals surface area contributed by atoms with Gasteiger partial charge in [-0.25, -0.2) is 0 Å². The Hall–Kier alpha value is -3.95. The van der Waals surface area contributed by atoms with Gasteiger partial charge in [-0.05, 0) is 99.3 Å². The summed E-state index contributed by atoms with van der Waals surface area (Å²) in [6, 6.07) is 29.0. The molecule has 3 aromatic heterocycles. The Kier molecular flexibility index (Phi) is 6.52. The van der Waals surface area contributed by atoms with E-state index in [1.165, 1.54) is 53.4 Å². The Morgan fingerprint density at radius 1 is 0.721 bits per heavy atom. The Morgan fingerprint density at radius 3 is 2.16 bits per heavy atom. The van der Waals surface area contributed by atoms with E-state index >= 15 is 0 Å². The highest BCUT2D eigenvalue weighted by Crippen LogP contribution is 2.43. The molecule has 4 aromatic carbocycles. The van der Waals surface area contributed by atoms with E-state index in [0.717, 1.165) is 40.7 Å². The molecule has 43 heavy (non-hydrogen) atoms. The highest BCUT2D eigenvalue weighted by atomic mass is 32.1. The monoisotopic (exact) mass is 581 g/mol. The Balaban J connectivity index is 1.39. The zero-order chi connectivity index (χ0) is 30.1. The second-order valence-electron chi connectivity index (χ2n) is 14.6. The fourth-order valence-corrected chi connectivity index (χ4v) is 7.84. The molecule has 7 aromatic rings. The SMILES string of the molecule is Cc1c(-c2ccnc(-c3cc4ccccc4c4c3oc3cc(CC(C)(C)C)ccc34)c2)sc2cc(CC(C)(C)C)ccc12. The summed E-state index contributed by atoms with van der Waals surface area (Å²) < 4.78 is 8.09. The van der Waals surface area contributed by atoms with Crippen LogP contribution < -0.4 is 0 Å². The highest BCUT2D eigenvalue weighted by Gasteiger charge is 2.20. The maximum absolute atomic E-state index is 6.73. The fraction of sp³-hybridized carbons (Fsp3) is 0.275. The number of aromatic nitrogens is 1. The maximum atomic E-state index is 6.73. The number of furan rings is 1. The minimum Gasteiger partial charge on any atom is -0.455 e. The van der Waals surface area contributed by atoms with Crippen LogP contribution in [-0.2, 0) is 12.8 Å². The molecule has 3 heteroatoms. The van der Waals surface area contributed by atoms with Crippen LogP contribution in [0, 0.1) is 17.8 Å². The van der Waals surface area contributed by atoms with Crippen molar-refractivity contribution in [2.45, 2.75) is 61.3 Å². The third-order valence-electron chi connectivity index (χ3n) is 8.30. The Bertz CT molecular complexity index is 2160. The van der Waals surface area contributed by atoms with Crippen molar-refractivity contribution in [3.63, 3.8) is 0 Å². The van der Waals surface area contributed by atoms with Crippen molar-refractivity contribution < 1.29 is 4.42 Å². The molecule has 216 valence electrons. The molecule has 3 heterocycles. The summed E-state index contributed by atoms with van der Waals surface area (Å²) in [7, 11) is 0. The van der Waals surface area contributed by atoms with Crippen molar-refractivity contribution >= 4 is 54.1 Å². The average molecular weight is 582 g/mol. The van der Waals surface area contributed by atoms with Gasteiger partial charge >= 0.3 is 0 Å². The average Bonchev–Trinajstić information content (AvgIpc) is 3.48.